The van der Waals surface area contributed by atoms with E-state index < -0.39 is 0 Å². The van der Waals surface area contributed by atoms with E-state index in [0.29, 0.717) is 22.7 Å². The molecule has 1 aromatic rings. The minimum absolute atomic E-state index is 0.0318. The van der Waals surface area contributed by atoms with Gasteiger partial charge in [0.05, 0.1) is 19.8 Å². The third-order valence-electron chi connectivity index (χ3n) is 3.85. The van der Waals surface area contributed by atoms with Gasteiger partial charge in [-0.3, -0.25) is 4.79 Å². The van der Waals surface area contributed by atoms with E-state index in [0.717, 1.165) is 19.4 Å². The molecule has 5 heteroatoms. The Morgan fingerprint density at radius 3 is 2.50 bits per heavy atom. The standard InChI is InChI=1S/C15H22N2O3/c1-10-6-4-5-7-17(10)15(18)11-8-13(19-2)14(20-3)9-12(11)16/h8-10H,4-7,16H2,1-3H3. The molecule has 0 saturated carbocycles. The monoisotopic (exact) mass is 278 g/mol. The summed E-state index contributed by atoms with van der Waals surface area (Å²) >= 11 is 0. The molecule has 1 atom stereocenters. The number of rotatable bonds is 3. The quantitative estimate of drug-likeness (QED) is 0.862. The predicted octanol–water partition coefficient (Wildman–Crippen LogP) is 2.30. The molecule has 1 heterocycles. The Kier molecular flexibility index (Phi) is 4.37. The van der Waals surface area contributed by atoms with Crippen molar-refractivity contribution < 1.29 is 14.3 Å². The molecule has 0 spiro atoms. The molecule has 110 valence electrons. The number of carbonyl (C=O) groups is 1. The van der Waals surface area contributed by atoms with Gasteiger partial charge in [0.1, 0.15) is 0 Å². The van der Waals surface area contributed by atoms with E-state index in [9.17, 15) is 4.79 Å². The lowest BCUT2D eigenvalue weighted by molar-refractivity contribution is 0.0636. The third-order valence-corrected chi connectivity index (χ3v) is 3.85. The molecule has 0 bridgehead atoms. The maximum absolute atomic E-state index is 12.6. The smallest absolute Gasteiger partial charge is 0.256 e. The molecular formula is C15H22N2O3. The first-order chi connectivity index (χ1) is 9.58. The van der Waals surface area contributed by atoms with Crippen molar-refractivity contribution in [2.45, 2.75) is 32.2 Å². The molecule has 1 aliphatic heterocycles. The van der Waals surface area contributed by atoms with Crippen LogP contribution in [0.5, 0.6) is 11.5 Å². The van der Waals surface area contributed by atoms with E-state index in [4.69, 9.17) is 15.2 Å². The summed E-state index contributed by atoms with van der Waals surface area (Å²) in [6, 6.07) is 3.56. The molecule has 2 rings (SSSR count). The van der Waals surface area contributed by atoms with Gasteiger partial charge in [0.2, 0.25) is 0 Å². The normalized spacial score (nSPS) is 18.8. The largest absolute Gasteiger partial charge is 0.493 e. The van der Waals surface area contributed by atoms with Gasteiger partial charge in [0, 0.05) is 24.3 Å². The summed E-state index contributed by atoms with van der Waals surface area (Å²) in [7, 11) is 3.09. The number of nitrogens with zero attached hydrogens (tertiary/aromatic N) is 1. The number of piperidine rings is 1. The van der Waals surface area contributed by atoms with Gasteiger partial charge in [0.15, 0.2) is 11.5 Å². The molecule has 1 unspecified atom stereocenters. The number of amides is 1. The van der Waals surface area contributed by atoms with Crippen molar-refractivity contribution in [2.75, 3.05) is 26.5 Å². The van der Waals surface area contributed by atoms with Crippen molar-refractivity contribution in [1.82, 2.24) is 4.90 Å². The number of hydrogen-bond acceptors (Lipinski definition) is 4. The molecule has 1 aromatic carbocycles. The second-order valence-electron chi connectivity index (χ2n) is 5.14. The molecule has 20 heavy (non-hydrogen) atoms. The maximum atomic E-state index is 12.6. The fourth-order valence-electron chi connectivity index (χ4n) is 2.63. The fraction of sp³-hybridized carbons (Fsp3) is 0.533. The number of carbonyl (C=O) groups excluding carboxylic acids is 1. The van der Waals surface area contributed by atoms with Crippen LogP contribution < -0.4 is 15.2 Å². The lowest BCUT2D eigenvalue weighted by Gasteiger charge is -2.33. The molecule has 1 saturated heterocycles. The number of hydrogen-bond donors (Lipinski definition) is 1. The van der Waals surface area contributed by atoms with Gasteiger partial charge in [-0.25, -0.2) is 0 Å². The molecule has 5 nitrogen and oxygen atoms in total. The summed E-state index contributed by atoms with van der Waals surface area (Å²) in [5.41, 5.74) is 6.89. The van der Waals surface area contributed by atoms with Crippen LogP contribution in [0.15, 0.2) is 12.1 Å². The van der Waals surface area contributed by atoms with Gasteiger partial charge in [-0.15, -0.1) is 0 Å². The van der Waals surface area contributed by atoms with Crippen molar-refractivity contribution in [3.8, 4) is 11.5 Å². The van der Waals surface area contributed by atoms with Crippen LogP contribution in [0.2, 0.25) is 0 Å². The molecule has 1 fully saturated rings. The Morgan fingerprint density at radius 2 is 1.90 bits per heavy atom. The van der Waals surface area contributed by atoms with Crippen LogP contribution in [0.4, 0.5) is 5.69 Å². The molecule has 0 radical (unpaired) electrons. The molecular weight excluding hydrogens is 256 g/mol. The summed E-state index contributed by atoms with van der Waals surface area (Å²) in [5, 5.41) is 0. The number of likely N-dealkylation sites (tertiary alicyclic amines) is 1. The second-order valence-corrected chi connectivity index (χ2v) is 5.14. The van der Waals surface area contributed by atoms with Crippen molar-refractivity contribution in [1.29, 1.82) is 0 Å². The van der Waals surface area contributed by atoms with Crippen LogP contribution in [-0.4, -0.2) is 37.6 Å². The number of ether oxygens (including phenoxy) is 2. The van der Waals surface area contributed by atoms with Crippen molar-refractivity contribution in [3.05, 3.63) is 17.7 Å². The van der Waals surface area contributed by atoms with Crippen molar-refractivity contribution in [3.63, 3.8) is 0 Å². The summed E-state index contributed by atoms with van der Waals surface area (Å²) in [6.45, 7) is 2.86. The van der Waals surface area contributed by atoms with Gasteiger partial charge >= 0.3 is 0 Å². The van der Waals surface area contributed by atoms with E-state index >= 15 is 0 Å². The highest BCUT2D eigenvalue weighted by molar-refractivity contribution is 6.00. The van der Waals surface area contributed by atoms with Gasteiger partial charge in [0.25, 0.3) is 5.91 Å². The van der Waals surface area contributed by atoms with Crippen molar-refractivity contribution in [2.24, 2.45) is 0 Å². The van der Waals surface area contributed by atoms with Gasteiger partial charge in [-0.1, -0.05) is 0 Å². The number of anilines is 1. The minimum atomic E-state index is -0.0318. The number of nitrogens with two attached hydrogens (primary N) is 1. The van der Waals surface area contributed by atoms with Gasteiger partial charge < -0.3 is 20.1 Å². The van der Waals surface area contributed by atoms with Crippen LogP contribution in [0, 0.1) is 0 Å². The Hall–Kier alpha value is -1.91. The first-order valence-corrected chi connectivity index (χ1v) is 6.91. The zero-order valence-corrected chi connectivity index (χ0v) is 12.3. The topological polar surface area (TPSA) is 64.8 Å². The molecule has 1 aliphatic rings. The Morgan fingerprint density at radius 1 is 1.25 bits per heavy atom. The second kappa shape index (κ2) is 6.03. The highest BCUT2D eigenvalue weighted by Crippen LogP contribution is 2.33. The van der Waals surface area contributed by atoms with E-state index in [-0.39, 0.29) is 11.9 Å². The van der Waals surface area contributed by atoms with Crippen LogP contribution >= 0.6 is 0 Å². The molecule has 0 aromatic heterocycles. The lowest BCUT2D eigenvalue weighted by atomic mass is 10.0. The first kappa shape index (κ1) is 14.5. The zero-order valence-electron chi connectivity index (χ0n) is 12.3. The van der Waals surface area contributed by atoms with Crippen LogP contribution in [0.25, 0.3) is 0 Å². The molecule has 1 amide bonds. The van der Waals surface area contributed by atoms with E-state index in [2.05, 4.69) is 6.92 Å². The minimum Gasteiger partial charge on any atom is -0.493 e. The van der Waals surface area contributed by atoms with Gasteiger partial charge in [-0.2, -0.15) is 0 Å². The predicted molar refractivity (Wildman–Crippen MR) is 78.3 cm³/mol. The Bertz CT molecular complexity index is 502. The van der Waals surface area contributed by atoms with Crippen LogP contribution in [-0.2, 0) is 0 Å². The Balaban J connectivity index is 2.34. The number of methoxy groups -OCH3 is 2. The summed E-state index contributed by atoms with van der Waals surface area (Å²) in [4.78, 5) is 14.5. The molecule has 2 N–H and O–H groups in total. The number of nitrogen functional groups attached to an aromatic ring is 1. The van der Waals surface area contributed by atoms with E-state index in [1.165, 1.54) is 6.42 Å². The van der Waals surface area contributed by atoms with Gasteiger partial charge in [-0.05, 0) is 32.3 Å². The highest BCUT2D eigenvalue weighted by Gasteiger charge is 2.26. The van der Waals surface area contributed by atoms with Crippen LogP contribution in [0.1, 0.15) is 36.5 Å². The highest BCUT2D eigenvalue weighted by atomic mass is 16.5. The van der Waals surface area contributed by atoms with E-state index in [1.54, 1.807) is 26.4 Å². The Labute approximate surface area is 119 Å². The van der Waals surface area contributed by atoms with Crippen LogP contribution in [0.3, 0.4) is 0 Å². The number of benzene rings is 1. The fourth-order valence-corrected chi connectivity index (χ4v) is 2.63. The summed E-state index contributed by atoms with van der Waals surface area (Å²) < 4.78 is 10.4. The average Bonchev–Trinajstić information content (AvgIpc) is 2.46. The summed E-state index contributed by atoms with van der Waals surface area (Å²) in [6.07, 6.45) is 3.26. The molecule has 0 aliphatic carbocycles. The average molecular weight is 278 g/mol. The zero-order chi connectivity index (χ0) is 14.7. The lowest BCUT2D eigenvalue weighted by Crippen LogP contribution is -2.42. The maximum Gasteiger partial charge on any atom is 0.256 e. The first-order valence-electron chi connectivity index (χ1n) is 6.91. The summed E-state index contributed by atoms with van der Waals surface area (Å²) in [5.74, 6) is 1.03. The van der Waals surface area contributed by atoms with E-state index in [1.807, 2.05) is 4.90 Å². The SMILES string of the molecule is COc1cc(N)c(C(=O)N2CCCCC2C)cc1OC. The third kappa shape index (κ3) is 2.66. The van der Waals surface area contributed by atoms with Crippen molar-refractivity contribution >= 4 is 11.6 Å².